The van der Waals surface area contributed by atoms with Gasteiger partial charge in [0, 0.05) is 29.4 Å². The molecule has 1 spiro atoms. The van der Waals surface area contributed by atoms with Crippen molar-refractivity contribution in [1.82, 2.24) is 9.55 Å². The number of nitrogens with zero attached hydrogens (tertiary/aromatic N) is 2. The summed E-state index contributed by atoms with van der Waals surface area (Å²) in [5.74, 6) is 1.01. The number of thioether (sulfide) groups is 1. The van der Waals surface area contributed by atoms with Crippen LogP contribution < -0.4 is 5.56 Å². The molecule has 2 aromatic rings. The van der Waals surface area contributed by atoms with Crippen molar-refractivity contribution < 1.29 is 4.74 Å². The van der Waals surface area contributed by atoms with E-state index in [1.54, 1.807) is 11.8 Å². The monoisotopic (exact) mass is 480 g/mol. The van der Waals surface area contributed by atoms with Crippen LogP contribution in [0.2, 0.25) is 0 Å². The minimum Gasteiger partial charge on any atom is -0.375 e. The van der Waals surface area contributed by atoms with Gasteiger partial charge >= 0.3 is 0 Å². The van der Waals surface area contributed by atoms with E-state index in [9.17, 15) is 4.79 Å². The zero-order valence-electron chi connectivity index (χ0n) is 21.2. The molecule has 0 radical (unpaired) electrons. The molecule has 0 N–H and O–H groups in total. The highest BCUT2D eigenvalue weighted by Crippen LogP contribution is 2.49. The van der Waals surface area contributed by atoms with Crippen LogP contribution in [0.25, 0.3) is 11.3 Å². The lowest BCUT2D eigenvalue weighted by Crippen LogP contribution is -2.45. The topological polar surface area (TPSA) is 44.1 Å². The summed E-state index contributed by atoms with van der Waals surface area (Å²) < 4.78 is 8.15. The molecule has 184 valence electrons. The van der Waals surface area contributed by atoms with Gasteiger partial charge < -0.3 is 4.74 Å². The Morgan fingerprint density at radius 1 is 1.15 bits per heavy atom. The molecular weight excluding hydrogens is 440 g/mol. The molecule has 0 amide bonds. The quantitative estimate of drug-likeness (QED) is 0.252. The smallest absolute Gasteiger partial charge is 0.258 e. The number of benzene rings is 1. The molecule has 34 heavy (non-hydrogen) atoms. The van der Waals surface area contributed by atoms with Crippen molar-refractivity contribution >= 4 is 11.8 Å². The van der Waals surface area contributed by atoms with Crippen molar-refractivity contribution in [3.63, 3.8) is 0 Å². The maximum atomic E-state index is 14.6. The molecule has 1 unspecified atom stereocenters. The van der Waals surface area contributed by atoms with E-state index in [4.69, 9.17) is 9.72 Å². The number of rotatable bonds is 6. The van der Waals surface area contributed by atoms with E-state index in [-0.39, 0.29) is 22.6 Å². The van der Waals surface area contributed by atoms with Crippen molar-refractivity contribution in [1.29, 1.82) is 0 Å². The van der Waals surface area contributed by atoms with Crippen LogP contribution in [0.5, 0.6) is 0 Å². The molecule has 1 atom stereocenters. The lowest BCUT2D eigenvalue weighted by Gasteiger charge is -2.43. The molecule has 4 nitrogen and oxygen atoms in total. The zero-order valence-corrected chi connectivity index (χ0v) is 22.0. The number of aromatic nitrogens is 2. The summed E-state index contributed by atoms with van der Waals surface area (Å²) in [6.07, 6.45) is 12.2. The van der Waals surface area contributed by atoms with E-state index < -0.39 is 0 Å². The van der Waals surface area contributed by atoms with Crippen molar-refractivity contribution in [3.05, 3.63) is 45.7 Å². The lowest BCUT2D eigenvalue weighted by molar-refractivity contribution is -0.0710. The van der Waals surface area contributed by atoms with Crippen LogP contribution >= 0.6 is 11.8 Å². The second-order valence-corrected chi connectivity index (χ2v) is 12.3. The van der Waals surface area contributed by atoms with Gasteiger partial charge in [-0.25, -0.2) is 4.98 Å². The van der Waals surface area contributed by atoms with Crippen molar-refractivity contribution in [2.75, 3.05) is 12.4 Å². The number of hydrogen-bond donors (Lipinski definition) is 0. The third-order valence-electron chi connectivity index (χ3n) is 8.24. The Kier molecular flexibility index (Phi) is 6.96. The SMILES string of the molecule is CCCCCSc1nc2c(c(=O)n1C1CCOC(C)(C)C1)C1(CCCCC1)Cc1ccccc1-2. The van der Waals surface area contributed by atoms with E-state index in [1.807, 2.05) is 0 Å². The van der Waals surface area contributed by atoms with Crippen LogP contribution in [0, 0.1) is 0 Å². The predicted octanol–water partition coefficient (Wildman–Crippen LogP) is 7.08. The molecule has 5 heteroatoms. The van der Waals surface area contributed by atoms with Gasteiger partial charge in [-0.15, -0.1) is 0 Å². The molecule has 1 aromatic heterocycles. The number of hydrogen-bond acceptors (Lipinski definition) is 4. The Labute approximate surface area is 208 Å². The first-order valence-electron chi connectivity index (χ1n) is 13.5. The van der Waals surface area contributed by atoms with Gasteiger partial charge in [-0.3, -0.25) is 9.36 Å². The third kappa shape index (κ3) is 4.51. The third-order valence-corrected chi connectivity index (χ3v) is 9.28. The first-order chi connectivity index (χ1) is 16.4. The lowest BCUT2D eigenvalue weighted by atomic mass is 9.62. The van der Waals surface area contributed by atoms with E-state index >= 15 is 0 Å². The Balaban J connectivity index is 1.68. The predicted molar refractivity (Wildman–Crippen MR) is 141 cm³/mol. The fourth-order valence-electron chi connectivity index (χ4n) is 6.56. The molecular formula is C29H40N2O2S. The summed E-state index contributed by atoms with van der Waals surface area (Å²) in [4.78, 5) is 20.0. The van der Waals surface area contributed by atoms with Gasteiger partial charge in [0.25, 0.3) is 5.56 Å². The highest BCUT2D eigenvalue weighted by Gasteiger charge is 2.44. The van der Waals surface area contributed by atoms with E-state index in [1.165, 1.54) is 43.2 Å². The Morgan fingerprint density at radius 3 is 2.71 bits per heavy atom. The molecule has 2 fully saturated rings. The highest BCUT2D eigenvalue weighted by molar-refractivity contribution is 7.99. The number of fused-ring (bicyclic) bond motifs is 4. The van der Waals surface area contributed by atoms with Gasteiger partial charge in [-0.1, -0.05) is 75.1 Å². The van der Waals surface area contributed by atoms with Gasteiger partial charge in [-0.2, -0.15) is 0 Å². The van der Waals surface area contributed by atoms with Gasteiger partial charge in [0.15, 0.2) is 5.16 Å². The van der Waals surface area contributed by atoms with E-state index in [0.29, 0.717) is 6.61 Å². The van der Waals surface area contributed by atoms with Crippen LogP contribution in [0.1, 0.15) is 102 Å². The van der Waals surface area contributed by atoms with Crippen LogP contribution in [-0.2, 0) is 16.6 Å². The molecule has 1 saturated heterocycles. The van der Waals surface area contributed by atoms with Crippen LogP contribution in [0.15, 0.2) is 34.2 Å². The fourth-order valence-corrected chi connectivity index (χ4v) is 7.62. The summed E-state index contributed by atoms with van der Waals surface area (Å²) in [7, 11) is 0. The molecule has 1 aromatic carbocycles. The normalized spacial score (nSPS) is 22.9. The van der Waals surface area contributed by atoms with Crippen molar-refractivity contribution in [2.24, 2.45) is 0 Å². The molecule has 1 aliphatic heterocycles. The minimum atomic E-state index is -0.211. The van der Waals surface area contributed by atoms with Crippen molar-refractivity contribution in [2.45, 2.75) is 114 Å². The molecule has 0 bridgehead atoms. The van der Waals surface area contributed by atoms with E-state index in [2.05, 4.69) is 49.6 Å². The summed E-state index contributed by atoms with van der Waals surface area (Å²) in [5.41, 5.74) is 4.53. The standard InChI is InChI=1S/C29H40N2O2S/c1-4-5-11-18-34-27-30-25-23-13-8-7-12-21(23)19-29(15-9-6-10-16-29)24(25)26(32)31(27)22-14-17-33-28(2,3)20-22/h7-8,12-13,22H,4-6,9-11,14-20H2,1-3H3. The van der Waals surface area contributed by atoms with Crippen molar-refractivity contribution in [3.8, 4) is 11.3 Å². The molecule has 2 aliphatic carbocycles. The van der Waals surface area contributed by atoms with Crippen LogP contribution in [-0.4, -0.2) is 27.5 Å². The first kappa shape index (κ1) is 24.1. The summed E-state index contributed by atoms with van der Waals surface area (Å²) >= 11 is 1.79. The zero-order chi connectivity index (χ0) is 23.8. The molecule has 1 saturated carbocycles. The second-order valence-electron chi connectivity index (χ2n) is 11.3. The Bertz CT molecular complexity index is 1080. The number of unbranched alkanes of at least 4 members (excludes halogenated alkanes) is 2. The number of ether oxygens (including phenoxy) is 1. The maximum Gasteiger partial charge on any atom is 0.258 e. The molecule has 3 aliphatic rings. The fraction of sp³-hybridized carbons (Fsp3) is 0.655. The van der Waals surface area contributed by atoms with Crippen LogP contribution in [0.3, 0.4) is 0 Å². The average molecular weight is 481 g/mol. The van der Waals surface area contributed by atoms with E-state index in [0.717, 1.165) is 60.7 Å². The average Bonchev–Trinajstić information content (AvgIpc) is 2.81. The van der Waals surface area contributed by atoms with Gasteiger partial charge in [0.05, 0.1) is 16.9 Å². The summed E-state index contributed by atoms with van der Waals surface area (Å²) in [6.45, 7) is 7.25. The van der Waals surface area contributed by atoms with Gasteiger partial charge in [-0.05, 0) is 57.9 Å². The second kappa shape index (κ2) is 9.81. The molecule has 5 rings (SSSR count). The first-order valence-corrected chi connectivity index (χ1v) is 14.4. The molecule has 2 heterocycles. The van der Waals surface area contributed by atoms with Gasteiger partial charge in [0.2, 0.25) is 0 Å². The largest absolute Gasteiger partial charge is 0.375 e. The Hall–Kier alpha value is -1.59. The van der Waals surface area contributed by atoms with Crippen LogP contribution in [0.4, 0.5) is 0 Å². The summed E-state index contributed by atoms with van der Waals surface area (Å²) in [6, 6.07) is 8.84. The summed E-state index contributed by atoms with van der Waals surface area (Å²) in [5, 5.41) is 0.921. The Morgan fingerprint density at radius 2 is 1.94 bits per heavy atom. The highest BCUT2D eigenvalue weighted by atomic mass is 32.2. The maximum absolute atomic E-state index is 14.6. The minimum absolute atomic E-state index is 0.0557. The van der Waals surface area contributed by atoms with Gasteiger partial charge in [0.1, 0.15) is 0 Å².